The third-order valence-corrected chi connectivity index (χ3v) is 3.85. The summed E-state index contributed by atoms with van der Waals surface area (Å²) >= 11 is 5.92. The molecule has 7 heteroatoms. The molecule has 3 aromatic rings. The number of hydrogen-bond donors (Lipinski definition) is 1. The third-order valence-electron chi connectivity index (χ3n) is 3.62. The van der Waals surface area contributed by atoms with Crippen molar-refractivity contribution in [2.24, 2.45) is 0 Å². The minimum Gasteiger partial charge on any atom is -0.491 e. The number of benzene rings is 2. The maximum absolute atomic E-state index is 12.4. The molecule has 1 aromatic heterocycles. The smallest absolute Gasteiger partial charge is 0.261 e. The lowest BCUT2D eigenvalue weighted by Crippen LogP contribution is -2.30. The van der Waals surface area contributed by atoms with Gasteiger partial charge in [0.1, 0.15) is 18.5 Å². The van der Waals surface area contributed by atoms with Gasteiger partial charge in [0.05, 0.1) is 35.4 Å². The van der Waals surface area contributed by atoms with Crippen molar-refractivity contribution in [3.05, 3.63) is 69.7 Å². The van der Waals surface area contributed by atoms with Gasteiger partial charge in [0.15, 0.2) is 0 Å². The first-order valence-corrected chi connectivity index (χ1v) is 7.90. The number of fused-ring (bicyclic) bond motifs is 1. The van der Waals surface area contributed by atoms with Crippen molar-refractivity contribution in [2.75, 3.05) is 6.61 Å². The Morgan fingerprint density at radius 1 is 1.28 bits per heavy atom. The number of aliphatic hydroxyl groups is 1. The fourth-order valence-electron chi connectivity index (χ4n) is 2.36. The predicted molar refractivity (Wildman–Crippen MR) is 93.7 cm³/mol. The van der Waals surface area contributed by atoms with Crippen molar-refractivity contribution < 1.29 is 9.84 Å². The quantitative estimate of drug-likeness (QED) is 0.759. The van der Waals surface area contributed by atoms with Crippen LogP contribution in [0.1, 0.15) is 5.56 Å². The second kappa shape index (κ2) is 7.34. The SMILES string of the molecule is N#Cc1ccc(OC[C@H](O)Cn2cnc3ccc(Cl)cc3c2=O)cc1. The summed E-state index contributed by atoms with van der Waals surface area (Å²) in [4.78, 5) is 16.6. The maximum Gasteiger partial charge on any atom is 0.261 e. The van der Waals surface area contributed by atoms with Crippen LogP contribution in [-0.2, 0) is 6.54 Å². The number of aliphatic hydroxyl groups excluding tert-OH is 1. The van der Waals surface area contributed by atoms with E-state index in [0.717, 1.165) is 0 Å². The summed E-state index contributed by atoms with van der Waals surface area (Å²) in [5, 5.41) is 19.7. The Morgan fingerprint density at radius 3 is 2.76 bits per heavy atom. The van der Waals surface area contributed by atoms with Crippen LogP contribution in [0, 0.1) is 11.3 Å². The van der Waals surface area contributed by atoms with E-state index in [-0.39, 0.29) is 18.7 Å². The molecule has 0 aliphatic rings. The van der Waals surface area contributed by atoms with Gasteiger partial charge < -0.3 is 9.84 Å². The highest BCUT2D eigenvalue weighted by molar-refractivity contribution is 6.31. The van der Waals surface area contributed by atoms with E-state index in [4.69, 9.17) is 21.6 Å². The largest absolute Gasteiger partial charge is 0.491 e. The lowest BCUT2D eigenvalue weighted by molar-refractivity contribution is 0.0915. The average Bonchev–Trinajstić information content (AvgIpc) is 2.63. The fourth-order valence-corrected chi connectivity index (χ4v) is 2.53. The summed E-state index contributed by atoms with van der Waals surface area (Å²) in [5.74, 6) is 0.536. The molecule has 0 radical (unpaired) electrons. The monoisotopic (exact) mass is 355 g/mol. The van der Waals surface area contributed by atoms with Crippen LogP contribution in [0.4, 0.5) is 0 Å². The molecule has 0 aliphatic carbocycles. The Bertz CT molecular complexity index is 993. The van der Waals surface area contributed by atoms with Crippen LogP contribution < -0.4 is 10.3 Å². The predicted octanol–water partition coefficient (Wildman–Crippen LogP) is 2.36. The zero-order valence-electron chi connectivity index (χ0n) is 13.1. The molecule has 1 heterocycles. The lowest BCUT2D eigenvalue weighted by atomic mass is 10.2. The molecular weight excluding hydrogens is 342 g/mol. The number of nitriles is 1. The number of halogens is 1. The van der Waals surface area contributed by atoms with Gasteiger partial charge in [0, 0.05) is 5.02 Å². The van der Waals surface area contributed by atoms with Crippen LogP contribution in [0.5, 0.6) is 5.75 Å². The van der Waals surface area contributed by atoms with Crippen molar-refractivity contribution >= 4 is 22.5 Å². The van der Waals surface area contributed by atoms with Crippen LogP contribution in [-0.4, -0.2) is 27.4 Å². The van der Waals surface area contributed by atoms with Gasteiger partial charge in [0.2, 0.25) is 0 Å². The zero-order chi connectivity index (χ0) is 17.8. The maximum atomic E-state index is 12.4. The highest BCUT2D eigenvalue weighted by atomic mass is 35.5. The topological polar surface area (TPSA) is 88.1 Å². The molecule has 1 N–H and O–H groups in total. The Hall–Kier alpha value is -2.88. The van der Waals surface area contributed by atoms with E-state index in [1.165, 1.54) is 10.9 Å². The summed E-state index contributed by atoms with van der Waals surface area (Å²) in [7, 11) is 0. The van der Waals surface area contributed by atoms with E-state index in [1.807, 2.05) is 6.07 Å². The van der Waals surface area contributed by atoms with Crippen LogP contribution in [0.15, 0.2) is 53.6 Å². The molecule has 0 amide bonds. The number of hydrogen-bond acceptors (Lipinski definition) is 5. The standard InChI is InChI=1S/C18H14ClN3O3/c19-13-3-6-17-16(7-13)18(24)22(11-21-17)9-14(23)10-25-15-4-1-12(8-20)2-5-15/h1-7,11,14,23H,9-10H2/t14-/m1/s1. The minimum absolute atomic E-state index is 0.00588. The second-order valence-electron chi connectivity index (χ2n) is 5.46. The Labute approximate surface area is 148 Å². The van der Waals surface area contributed by atoms with Gasteiger partial charge in [-0.25, -0.2) is 4.98 Å². The number of rotatable bonds is 5. The summed E-state index contributed by atoms with van der Waals surface area (Å²) in [6.45, 7) is 0.0521. The molecule has 0 unspecified atom stereocenters. The van der Waals surface area contributed by atoms with E-state index < -0.39 is 6.10 Å². The van der Waals surface area contributed by atoms with Crippen molar-refractivity contribution in [3.63, 3.8) is 0 Å². The van der Waals surface area contributed by atoms with Crippen LogP contribution in [0.25, 0.3) is 10.9 Å². The van der Waals surface area contributed by atoms with E-state index in [9.17, 15) is 9.90 Å². The Balaban J connectivity index is 1.69. The molecule has 126 valence electrons. The van der Waals surface area contributed by atoms with Gasteiger partial charge in [-0.05, 0) is 42.5 Å². The molecule has 2 aromatic carbocycles. The van der Waals surface area contributed by atoms with E-state index in [0.29, 0.717) is 27.2 Å². The van der Waals surface area contributed by atoms with Crippen molar-refractivity contribution in [3.8, 4) is 11.8 Å². The molecule has 3 rings (SSSR count). The number of ether oxygens (including phenoxy) is 1. The fraction of sp³-hybridized carbons (Fsp3) is 0.167. The number of nitrogens with zero attached hydrogens (tertiary/aromatic N) is 3. The summed E-state index contributed by atoms with van der Waals surface area (Å²) in [5.41, 5.74) is 0.805. The van der Waals surface area contributed by atoms with E-state index in [1.54, 1.807) is 42.5 Å². The van der Waals surface area contributed by atoms with Gasteiger partial charge in [-0.1, -0.05) is 11.6 Å². The molecule has 0 bridgehead atoms. The molecule has 0 saturated carbocycles. The van der Waals surface area contributed by atoms with Crippen molar-refractivity contribution in [1.29, 1.82) is 5.26 Å². The van der Waals surface area contributed by atoms with Gasteiger partial charge in [-0.3, -0.25) is 9.36 Å². The normalized spacial score (nSPS) is 11.9. The number of aromatic nitrogens is 2. The minimum atomic E-state index is -0.897. The molecule has 6 nitrogen and oxygen atoms in total. The first-order valence-electron chi connectivity index (χ1n) is 7.52. The van der Waals surface area contributed by atoms with Crippen molar-refractivity contribution in [1.82, 2.24) is 9.55 Å². The molecule has 0 fully saturated rings. The van der Waals surface area contributed by atoms with Crippen molar-refractivity contribution in [2.45, 2.75) is 12.6 Å². The van der Waals surface area contributed by atoms with Gasteiger partial charge in [0.25, 0.3) is 5.56 Å². The van der Waals surface area contributed by atoms with E-state index in [2.05, 4.69) is 4.98 Å². The summed E-state index contributed by atoms with van der Waals surface area (Å²) in [6, 6.07) is 13.5. The Kier molecular flexibility index (Phi) is 4.98. The van der Waals surface area contributed by atoms with E-state index >= 15 is 0 Å². The average molecular weight is 356 g/mol. The molecule has 0 aliphatic heterocycles. The van der Waals surface area contributed by atoms with Crippen LogP contribution >= 0.6 is 11.6 Å². The molecule has 25 heavy (non-hydrogen) atoms. The zero-order valence-corrected chi connectivity index (χ0v) is 13.8. The van der Waals surface area contributed by atoms with Gasteiger partial charge >= 0.3 is 0 Å². The molecule has 0 spiro atoms. The highest BCUT2D eigenvalue weighted by Gasteiger charge is 2.10. The lowest BCUT2D eigenvalue weighted by Gasteiger charge is -2.14. The molecule has 1 atom stereocenters. The highest BCUT2D eigenvalue weighted by Crippen LogP contribution is 2.14. The van der Waals surface area contributed by atoms with Gasteiger partial charge in [-0.15, -0.1) is 0 Å². The van der Waals surface area contributed by atoms with Crippen LogP contribution in [0.2, 0.25) is 5.02 Å². The first-order chi connectivity index (χ1) is 12.1. The van der Waals surface area contributed by atoms with Crippen LogP contribution in [0.3, 0.4) is 0 Å². The first kappa shape index (κ1) is 17.0. The molecular formula is C18H14ClN3O3. The summed E-state index contributed by atoms with van der Waals surface area (Å²) in [6.07, 6.45) is 0.496. The van der Waals surface area contributed by atoms with Gasteiger partial charge in [-0.2, -0.15) is 5.26 Å². The summed E-state index contributed by atoms with van der Waals surface area (Å²) < 4.78 is 6.79. The Morgan fingerprint density at radius 2 is 2.04 bits per heavy atom. The third kappa shape index (κ3) is 3.97. The molecule has 0 saturated heterocycles. The second-order valence-corrected chi connectivity index (χ2v) is 5.90.